The van der Waals surface area contributed by atoms with Gasteiger partial charge in [-0.25, -0.2) is 4.98 Å². The van der Waals surface area contributed by atoms with Crippen molar-refractivity contribution in [1.82, 2.24) is 10.3 Å². The van der Waals surface area contributed by atoms with Gasteiger partial charge in [-0.1, -0.05) is 0 Å². The molecule has 0 radical (unpaired) electrons. The Morgan fingerprint density at radius 1 is 1.38 bits per heavy atom. The Hall–Kier alpha value is -0.790. The molecule has 0 saturated heterocycles. The number of thiophene rings is 1. The van der Waals surface area contributed by atoms with E-state index in [0.29, 0.717) is 19.8 Å². The van der Waals surface area contributed by atoms with E-state index in [4.69, 9.17) is 4.74 Å². The summed E-state index contributed by atoms with van der Waals surface area (Å²) in [6.07, 6.45) is 0.402. The lowest BCUT2D eigenvalue weighted by atomic mass is 10.3. The van der Waals surface area contributed by atoms with Crippen molar-refractivity contribution in [3.05, 3.63) is 38.0 Å². The standard InChI is InChI=1S/C15H22N2O2S2/c1-11-3-4-14(21-11)8-16-7-13(18)9-19-6-5-15-12(2)17-10-20-15/h3-4,10,13,16,18H,5-9H2,1-2H3. The van der Waals surface area contributed by atoms with Crippen LogP contribution in [-0.2, 0) is 17.7 Å². The van der Waals surface area contributed by atoms with Crippen LogP contribution in [0.3, 0.4) is 0 Å². The molecule has 0 bridgehead atoms. The summed E-state index contributed by atoms with van der Waals surface area (Å²) in [6.45, 7) is 6.46. The first-order valence-corrected chi connectivity index (χ1v) is 8.75. The number of aryl methyl sites for hydroxylation is 2. The van der Waals surface area contributed by atoms with Crippen molar-refractivity contribution in [3.63, 3.8) is 0 Å². The molecule has 2 rings (SSSR count). The van der Waals surface area contributed by atoms with Gasteiger partial charge in [0.2, 0.25) is 0 Å². The fourth-order valence-corrected chi connectivity index (χ4v) is 3.57. The summed E-state index contributed by atoms with van der Waals surface area (Å²) in [7, 11) is 0. The molecule has 116 valence electrons. The van der Waals surface area contributed by atoms with Crippen molar-refractivity contribution in [2.75, 3.05) is 19.8 Å². The molecule has 2 N–H and O–H groups in total. The maximum absolute atomic E-state index is 9.85. The quantitative estimate of drug-likeness (QED) is 0.695. The fraction of sp³-hybridized carbons (Fsp3) is 0.533. The molecule has 0 fully saturated rings. The molecule has 0 aliphatic rings. The molecule has 1 atom stereocenters. The molecule has 1 unspecified atom stereocenters. The molecule has 4 nitrogen and oxygen atoms in total. The van der Waals surface area contributed by atoms with Gasteiger partial charge in [0.25, 0.3) is 0 Å². The molecule has 0 aliphatic heterocycles. The third-order valence-electron chi connectivity index (χ3n) is 3.10. The zero-order chi connectivity index (χ0) is 15.1. The van der Waals surface area contributed by atoms with Crippen LogP contribution in [0.15, 0.2) is 17.6 Å². The molecule has 0 aromatic carbocycles. The van der Waals surface area contributed by atoms with Crippen molar-refractivity contribution in [2.24, 2.45) is 0 Å². The zero-order valence-electron chi connectivity index (χ0n) is 12.5. The van der Waals surface area contributed by atoms with Crippen LogP contribution in [0.1, 0.15) is 20.3 Å². The number of aliphatic hydroxyl groups is 1. The van der Waals surface area contributed by atoms with Gasteiger partial charge in [0.1, 0.15) is 0 Å². The second kappa shape index (κ2) is 8.60. The fourth-order valence-electron chi connectivity index (χ4n) is 1.95. The lowest BCUT2D eigenvalue weighted by molar-refractivity contribution is 0.0384. The summed E-state index contributed by atoms with van der Waals surface area (Å²) in [5, 5.41) is 13.1. The highest BCUT2D eigenvalue weighted by molar-refractivity contribution is 7.11. The molecule has 0 saturated carbocycles. The molecule has 0 spiro atoms. The van der Waals surface area contributed by atoms with Crippen LogP contribution in [0.4, 0.5) is 0 Å². The number of aromatic nitrogens is 1. The zero-order valence-corrected chi connectivity index (χ0v) is 14.1. The van der Waals surface area contributed by atoms with Gasteiger partial charge in [-0.15, -0.1) is 22.7 Å². The number of nitrogens with zero attached hydrogens (tertiary/aromatic N) is 1. The van der Waals surface area contributed by atoms with Crippen molar-refractivity contribution in [1.29, 1.82) is 0 Å². The van der Waals surface area contributed by atoms with Gasteiger partial charge in [0, 0.05) is 34.1 Å². The van der Waals surface area contributed by atoms with Gasteiger partial charge in [0.15, 0.2) is 0 Å². The first-order valence-electron chi connectivity index (χ1n) is 7.06. The molecule has 2 aromatic heterocycles. The van der Waals surface area contributed by atoms with E-state index >= 15 is 0 Å². The SMILES string of the molecule is Cc1ccc(CNCC(O)COCCc2scnc2C)s1. The minimum absolute atomic E-state index is 0.369. The van der Waals surface area contributed by atoms with E-state index in [0.717, 1.165) is 18.7 Å². The van der Waals surface area contributed by atoms with E-state index in [-0.39, 0.29) is 0 Å². The summed E-state index contributed by atoms with van der Waals surface area (Å²) in [6, 6.07) is 4.23. The van der Waals surface area contributed by atoms with E-state index < -0.39 is 6.10 Å². The maximum atomic E-state index is 9.85. The summed E-state index contributed by atoms with van der Waals surface area (Å²) in [4.78, 5) is 8.07. The Kier molecular flexibility index (Phi) is 6.79. The molecule has 0 amide bonds. The highest BCUT2D eigenvalue weighted by Gasteiger charge is 2.06. The van der Waals surface area contributed by atoms with Gasteiger partial charge >= 0.3 is 0 Å². The Labute approximate surface area is 133 Å². The molecule has 21 heavy (non-hydrogen) atoms. The third kappa shape index (κ3) is 5.84. The average Bonchev–Trinajstić information content (AvgIpc) is 3.04. The smallest absolute Gasteiger partial charge is 0.0897 e. The monoisotopic (exact) mass is 326 g/mol. The minimum atomic E-state index is -0.464. The number of thiazole rings is 1. The van der Waals surface area contributed by atoms with Gasteiger partial charge < -0.3 is 15.2 Å². The van der Waals surface area contributed by atoms with Crippen LogP contribution in [0.2, 0.25) is 0 Å². The van der Waals surface area contributed by atoms with E-state index in [1.165, 1.54) is 14.6 Å². The predicted molar refractivity (Wildman–Crippen MR) is 88.1 cm³/mol. The van der Waals surface area contributed by atoms with E-state index in [9.17, 15) is 5.11 Å². The second-order valence-electron chi connectivity index (χ2n) is 4.98. The Morgan fingerprint density at radius 3 is 2.90 bits per heavy atom. The topological polar surface area (TPSA) is 54.4 Å². The van der Waals surface area contributed by atoms with Crippen molar-refractivity contribution in [3.8, 4) is 0 Å². The summed E-state index contributed by atoms with van der Waals surface area (Å²) < 4.78 is 5.52. The van der Waals surface area contributed by atoms with Gasteiger partial charge in [-0.2, -0.15) is 0 Å². The van der Waals surface area contributed by atoms with Gasteiger partial charge in [-0.05, 0) is 26.0 Å². The Morgan fingerprint density at radius 2 is 2.24 bits per heavy atom. The first-order chi connectivity index (χ1) is 10.1. The normalized spacial score (nSPS) is 12.7. The molecule has 2 heterocycles. The van der Waals surface area contributed by atoms with Crippen molar-refractivity contribution >= 4 is 22.7 Å². The number of ether oxygens (including phenoxy) is 1. The molecule has 2 aromatic rings. The van der Waals surface area contributed by atoms with E-state index in [2.05, 4.69) is 29.4 Å². The van der Waals surface area contributed by atoms with Crippen LogP contribution < -0.4 is 5.32 Å². The third-order valence-corrected chi connectivity index (χ3v) is 5.10. The highest BCUT2D eigenvalue weighted by Crippen LogP contribution is 2.14. The summed E-state index contributed by atoms with van der Waals surface area (Å²) >= 11 is 3.44. The number of hydrogen-bond donors (Lipinski definition) is 2. The lowest BCUT2D eigenvalue weighted by Gasteiger charge is -2.11. The molecule has 0 aliphatic carbocycles. The minimum Gasteiger partial charge on any atom is -0.389 e. The largest absolute Gasteiger partial charge is 0.389 e. The summed E-state index contributed by atoms with van der Waals surface area (Å²) in [5.41, 5.74) is 2.94. The van der Waals surface area contributed by atoms with E-state index in [1.54, 1.807) is 22.7 Å². The van der Waals surface area contributed by atoms with Crippen LogP contribution in [0, 0.1) is 13.8 Å². The summed E-state index contributed by atoms with van der Waals surface area (Å²) in [5.74, 6) is 0. The Balaban J connectivity index is 1.53. The average molecular weight is 326 g/mol. The van der Waals surface area contributed by atoms with Crippen LogP contribution in [-0.4, -0.2) is 36.0 Å². The second-order valence-corrected chi connectivity index (χ2v) is 7.29. The number of hydrogen-bond acceptors (Lipinski definition) is 6. The first kappa shape index (κ1) is 16.6. The number of aliphatic hydroxyl groups excluding tert-OH is 1. The van der Waals surface area contributed by atoms with Crippen LogP contribution in [0.5, 0.6) is 0 Å². The maximum Gasteiger partial charge on any atom is 0.0897 e. The molecule has 6 heteroatoms. The number of nitrogens with one attached hydrogen (secondary N) is 1. The molecular weight excluding hydrogens is 304 g/mol. The molecular formula is C15H22N2O2S2. The van der Waals surface area contributed by atoms with Crippen LogP contribution >= 0.6 is 22.7 Å². The lowest BCUT2D eigenvalue weighted by Crippen LogP contribution is -2.30. The predicted octanol–water partition coefficient (Wildman–Crippen LogP) is 2.53. The van der Waals surface area contributed by atoms with E-state index in [1.807, 2.05) is 12.4 Å². The Bertz CT molecular complexity index is 539. The number of rotatable bonds is 9. The highest BCUT2D eigenvalue weighted by atomic mass is 32.1. The van der Waals surface area contributed by atoms with Crippen LogP contribution in [0.25, 0.3) is 0 Å². The van der Waals surface area contributed by atoms with Gasteiger partial charge in [0.05, 0.1) is 30.5 Å². The van der Waals surface area contributed by atoms with Gasteiger partial charge in [-0.3, -0.25) is 0 Å². The van der Waals surface area contributed by atoms with Crippen molar-refractivity contribution in [2.45, 2.75) is 32.9 Å². The van der Waals surface area contributed by atoms with Crippen molar-refractivity contribution < 1.29 is 9.84 Å².